The summed E-state index contributed by atoms with van der Waals surface area (Å²) in [6.07, 6.45) is 0. The fourth-order valence-corrected chi connectivity index (χ4v) is 0. The summed E-state index contributed by atoms with van der Waals surface area (Å²) in [6.45, 7) is 0. The Labute approximate surface area is 78.5 Å². The third-order valence-corrected chi connectivity index (χ3v) is 0. The summed E-state index contributed by atoms with van der Waals surface area (Å²) in [5.74, 6) is 0. The summed E-state index contributed by atoms with van der Waals surface area (Å²) in [5, 5.41) is 0. The van der Waals surface area contributed by atoms with E-state index >= 15 is 0 Å². The molecule has 0 aromatic rings. The molecule has 0 aliphatic heterocycles. The van der Waals surface area contributed by atoms with Crippen molar-refractivity contribution < 1.29 is 80.3 Å². The van der Waals surface area contributed by atoms with Crippen LogP contribution in [0.4, 0.5) is 0 Å². The van der Waals surface area contributed by atoms with E-state index in [1.54, 1.807) is 0 Å². The van der Waals surface area contributed by atoms with E-state index < -0.39 is 0 Å². The van der Waals surface area contributed by atoms with Crippen molar-refractivity contribution in [2.24, 2.45) is 0 Å². The fourth-order valence-electron chi connectivity index (χ4n) is 0. The van der Waals surface area contributed by atoms with Crippen molar-refractivity contribution in [1.29, 1.82) is 0 Å². The maximum absolute atomic E-state index is 8.35. The van der Waals surface area contributed by atoms with E-state index in [0.29, 0.717) is 0 Å². The summed E-state index contributed by atoms with van der Waals surface area (Å²) in [7, 11) is 0. The largest absolute Gasteiger partial charge is 1.00 e. The maximum atomic E-state index is 8.35. The molecule has 0 saturated heterocycles. The second-order valence-corrected chi connectivity index (χ2v) is 0.207. The second-order valence-electron chi connectivity index (χ2n) is 0.0690. The number of hydrogen-bond donors (Lipinski definition) is 1. The van der Waals surface area contributed by atoms with Crippen LogP contribution in [0, 0.1) is 11.3 Å². The van der Waals surface area contributed by atoms with Crippen LogP contribution in [0.3, 0.4) is 0 Å². The molecule has 0 bridgehead atoms. The van der Waals surface area contributed by atoms with Crippen LogP contribution in [0.5, 0.6) is 0 Å². The molecule has 0 aliphatic rings. The monoisotopic (exact) mass is 154 g/mol. The van der Waals surface area contributed by atoms with E-state index in [2.05, 4.69) is 0 Å². The minimum Gasteiger partial charge on any atom is -1.00 e. The van der Waals surface area contributed by atoms with E-state index in [0.717, 1.165) is 0 Å². The summed E-state index contributed by atoms with van der Waals surface area (Å²) in [6, 6.07) is 0. The smallest absolute Gasteiger partial charge is 1.00 e. The molecule has 0 saturated carbocycles. The van der Waals surface area contributed by atoms with Crippen molar-refractivity contribution in [2.75, 3.05) is 0 Å². The van der Waals surface area contributed by atoms with Gasteiger partial charge in [0, 0.05) is 0 Å². The third kappa shape index (κ3) is 8.99. The molecule has 0 aromatic heterocycles. The predicted molar refractivity (Wildman–Crippen MR) is 3.33 cm³/mol. The molecular formula is H2ClO2Rb. The van der Waals surface area contributed by atoms with Crippen molar-refractivity contribution >= 4 is 0 Å². The average Bonchev–Trinajstić information content (AvgIpc) is 0.918. The molecule has 0 radical (unpaired) electrons. The van der Waals surface area contributed by atoms with Crippen LogP contribution in [0.1, 0.15) is 1.43 Å². The van der Waals surface area contributed by atoms with Gasteiger partial charge in [-0.2, -0.15) is 0 Å². The van der Waals surface area contributed by atoms with Gasteiger partial charge in [-0.3, -0.25) is 0 Å². The molecule has 0 fully saturated rings. The van der Waals surface area contributed by atoms with Gasteiger partial charge in [0.2, 0.25) is 0 Å². The van der Waals surface area contributed by atoms with Crippen molar-refractivity contribution in [3.8, 4) is 0 Å². The molecule has 0 aromatic carbocycles. The third-order valence-electron chi connectivity index (χ3n) is 0. The van der Waals surface area contributed by atoms with Crippen LogP contribution < -0.4 is 62.8 Å². The molecule has 0 aliphatic carbocycles. The molecule has 0 amide bonds. The molecule has 2 nitrogen and oxygen atoms in total. The number of halogens is 1. The minimum absolute atomic E-state index is 0. The zero-order valence-corrected chi connectivity index (χ0v) is 7.91. The van der Waals surface area contributed by atoms with Crippen LogP contribution in [0.2, 0.25) is 0 Å². The molecule has 0 heterocycles. The minimum atomic E-state index is -0.167. The number of hydrogen-bond acceptors (Lipinski definition) is 2. The first-order valence-electron chi connectivity index (χ1n) is 0.323. The topological polar surface area (TPSA) is 43.3 Å². The van der Waals surface area contributed by atoms with Crippen LogP contribution in [-0.4, -0.2) is 4.66 Å². The van der Waals surface area contributed by atoms with Gasteiger partial charge in [-0.15, -0.1) is 4.66 Å². The van der Waals surface area contributed by atoms with Crippen molar-refractivity contribution in [3.05, 3.63) is 0 Å². The standard InChI is InChI=1S/ClHO2.Rb.H/c2-1-3;;/h2H;;/q;+1;-1. The molecule has 22 valence electrons. The van der Waals surface area contributed by atoms with Gasteiger partial charge >= 0.3 is 69.5 Å². The van der Waals surface area contributed by atoms with E-state index in [-0.39, 0.29) is 70.9 Å². The van der Waals surface area contributed by atoms with Gasteiger partial charge in [0.1, 0.15) is 0 Å². The van der Waals surface area contributed by atoms with Crippen LogP contribution in [0.15, 0.2) is 0 Å². The number of rotatable bonds is 0. The Kier molecular flexibility index (Phi) is 20.9. The quantitative estimate of drug-likeness (QED) is 0.382. The van der Waals surface area contributed by atoms with Gasteiger partial charge in [-0.25, -0.2) is 0 Å². The summed E-state index contributed by atoms with van der Waals surface area (Å²) >= 11 is -0.167. The first-order valence-corrected chi connectivity index (χ1v) is 0.970. The van der Waals surface area contributed by atoms with Gasteiger partial charge in [0.25, 0.3) is 0 Å². The molecule has 0 rings (SSSR count). The van der Waals surface area contributed by atoms with E-state index in [4.69, 9.17) is 9.32 Å². The second kappa shape index (κ2) is 8.89. The molecule has 4 heteroatoms. The summed E-state index contributed by atoms with van der Waals surface area (Å²) in [5.41, 5.74) is 0. The Morgan fingerprint density at radius 2 is 2.00 bits per heavy atom. The Balaban J connectivity index is -0.0000000200. The van der Waals surface area contributed by atoms with Crippen molar-refractivity contribution in [2.45, 2.75) is 0 Å². The average molecular weight is 155 g/mol. The first-order chi connectivity index (χ1) is 1.41. The van der Waals surface area contributed by atoms with Gasteiger partial charge in [0.15, 0.2) is 0 Å². The Hall–Kier alpha value is 2.02. The molecule has 1 N–H and O–H groups in total. The normalized spacial score (nSPS) is 4.50. The molecule has 0 spiro atoms. The Morgan fingerprint density at radius 3 is 2.00 bits per heavy atom. The van der Waals surface area contributed by atoms with Crippen molar-refractivity contribution in [1.82, 2.24) is 0 Å². The summed E-state index contributed by atoms with van der Waals surface area (Å²) < 4.78 is 15.2. The van der Waals surface area contributed by atoms with Gasteiger partial charge in [-0.05, 0) is 0 Å². The first kappa shape index (κ1) is 9.38. The van der Waals surface area contributed by atoms with E-state index in [1.165, 1.54) is 0 Å². The van der Waals surface area contributed by atoms with Gasteiger partial charge < -0.3 is 6.09 Å². The van der Waals surface area contributed by atoms with Crippen molar-refractivity contribution in [3.63, 3.8) is 0 Å². The van der Waals surface area contributed by atoms with Gasteiger partial charge in [-0.1, -0.05) is 0 Å². The fraction of sp³-hybridized carbons (Fsp3) is 0. The predicted octanol–water partition coefficient (Wildman–Crippen LogP) is -4.63. The van der Waals surface area contributed by atoms with Crippen LogP contribution >= 0.6 is 0 Å². The van der Waals surface area contributed by atoms with Crippen LogP contribution in [0.25, 0.3) is 0 Å². The Bertz CT molecular complexity index is 9.61. The molecule has 0 unspecified atom stereocenters. The maximum Gasteiger partial charge on any atom is 1.00 e. The Morgan fingerprint density at radius 1 is 2.00 bits per heavy atom. The van der Waals surface area contributed by atoms with Gasteiger partial charge in [0.05, 0.1) is 0 Å². The van der Waals surface area contributed by atoms with E-state index in [9.17, 15) is 0 Å². The SMILES string of the molecule is [H-].[O-][Cl+]O.[Rb+]. The molecular weight excluding hydrogens is 153 g/mol. The molecule has 0 atom stereocenters. The molecule has 4 heavy (non-hydrogen) atoms. The summed E-state index contributed by atoms with van der Waals surface area (Å²) in [4.78, 5) is 0. The zero-order valence-electron chi connectivity index (χ0n) is 3.23. The van der Waals surface area contributed by atoms with E-state index in [1.807, 2.05) is 0 Å². The zero-order chi connectivity index (χ0) is 2.71. The van der Waals surface area contributed by atoms with Crippen LogP contribution in [-0.2, 0) is 0 Å².